The Hall–Kier alpha value is -4.13. The van der Waals surface area contributed by atoms with Gasteiger partial charge in [-0.3, -0.25) is 19.5 Å². The fourth-order valence-corrected chi connectivity index (χ4v) is 4.15. The van der Waals surface area contributed by atoms with Crippen molar-refractivity contribution >= 4 is 23.1 Å². The van der Waals surface area contributed by atoms with Gasteiger partial charge in [0.15, 0.2) is 0 Å². The molecule has 0 bridgehead atoms. The van der Waals surface area contributed by atoms with Crippen molar-refractivity contribution in [3.8, 4) is 11.5 Å². The number of aryl methyl sites for hydroxylation is 2. The van der Waals surface area contributed by atoms with Crippen LogP contribution in [0.25, 0.3) is 5.76 Å². The monoisotopic (exact) mass is 430 g/mol. The SMILES string of the molecule is COc1c(C)cc(C)cc1/C(O)=C1\C(=O)C(=O)N(c2ccccc2O)C1c1cccnc1. The van der Waals surface area contributed by atoms with Crippen LogP contribution in [-0.2, 0) is 9.59 Å². The van der Waals surface area contributed by atoms with Gasteiger partial charge >= 0.3 is 0 Å². The summed E-state index contributed by atoms with van der Waals surface area (Å²) in [5.74, 6) is -1.82. The number of phenols is 1. The molecule has 1 aliphatic rings. The van der Waals surface area contributed by atoms with Crippen molar-refractivity contribution in [2.75, 3.05) is 12.0 Å². The highest BCUT2D eigenvalue weighted by molar-refractivity contribution is 6.52. The molecule has 3 aromatic rings. The van der Waals surface area contributed by atoms with E-state index in [1.807, 2.05) is 19.9 Å². The molecular weight excluding hydrogens is 408 g/mol. The van der Waals surface area contributed by atoms with Gasteiger partial charge in [-0.2, -0.15) is 0 Å². The molecule has 7 heteroatoms. The van der Waals surface area contributed by atoms with Gasteiger partial charge in [0, 0.05) is 12.4 Å². The summed E-state index contributed by atoms with van der Waals surface area (Å²) in [6, 6.07) is 12.3. The van der Waals surface area contributed by atoms with E-state index in [0.717, 1.165) is 11.1 Å². The molecule has 32 heavy (non-hydrogen) atoms. The maximum absolute atomic E-state index is 13.2. The Kier molecular flexibility index (Phi) is 5.40. The summed E-state index contributed by atoms with van der Waals surface area (Å²) in [6.07, 6.45) is 3.10. The van der Waals surface area contributed by atoms with E-state index in [0.29, 0.717) is 16.9 Å². The molecule has 0 spiro atoms. The number of aliphatic hydroxyl groups is 1. The zero-order chi connectivity index (χ0) is 23.0. The molecule has 0 saturated carbocycles. The highest BCUT2D eigenvalue weighted by atomic mass is 16.5. The van der Waals surface area contributed by atoms with Crippen molar-refractivity contribution in [2.45, 2.75) is 19.9 Å². The van der Waals surface area contributed by atoms with Crippen LogP contribution in [0.15, 0.2) is 66.5 Å². The molecule has 1 aliphatic heterocycles. The summed E-state index contributed by atoms with van der Waals surface area (Å²) in [5, 5.41) is 21.8. The Morgan fingerprint density at radius 1 is 1.09 bits per heavy atom. The average Bonchev–Trinajstić information content (AvgIpc) is 3.04. The predicted octanol–water partition coefficient (Wildman–Crippen LogP) is 4.04. The molecular formula is C25H22N2O5. The summed E-state index contributed by atoms with van der Waals surface area (Å²) in [7, 11) is 1.48. The van der Waals surface area contributed by atoms with Gasteiger partial charge in [-0.1, -0.05) is 24.3 Å². The van der Waals surface area contributed by atoms with Gasteiger partial charge in [-0.15, -0.1) is 0 Å². The Morgan fingerprint density at radius 3 is 2.50 bits per heavy atom. The third-order valence-corrected chi connectivity index (χ3v) is 5.46. The van der Waals surface area contributed by atoms with Crippen molar-refractivity contribution in [1.29, 1.82) is 0 Å². The molecule has 1 amide bonds. The second kappa shape index (κ2) is 8.19. The molecule has 1 unspecified atom stereocenters. The number of hydrogen-bond donors (Lipinski definition) is 2. The minimum absolute atomic E-state index is 0.102. The number of nitrogens with zero attached hydrogens (tertiary/aromatic N) is 2. The first-order valence-electron chi connectivity index (χ1n) is 9.99. The minimum atomic E-state index is -0.984. The van der Waals surface area contributed by atoms with Gasteiger partial charge in [0.05, 0.1) is 30.0 Å². The van der Waals surface area contributed by atoms with Gasteiger partial charge in [0.2, 0.25) is 0 Å². The Morgan fingerprint density at radius 2 is 1.84 bits per heavy atom. The van der Waals surface area contributed by atoms with Crippen molar-refractivity contribution in [3.05, 3.63) is 88.8 Å². The average molecular weight is 430 g/mol. The topological polar surface area (TPSA) is 100.0 Å². The van der Waals surface area contributed by atoms with Crippen molar-refractivity contribution in [1.82, 2.24) is 4.98 Å². The number of carbonyl (C=O) groups is 2. The van der Waals surface area contributed by atoms with E-state index in [2.05, 4.69) is 4.98 Å². The van der Waals surface area contributed by atoms with Crippen molar-refractivity contribution in [3.63, 3.8) is 0 Å². The van der Waals surface area contributed by atoms with Crippen LogP contribution in [0.1, 0.15) is 28.3 Å². The number of phenolic OH excluding ortho intramolecular Hbond substituents is 1. The van der Waals surface area contributed by atoms with E-state index in [1.54, 1.807) is 42.6 Å². The van der Waals surface area contributed by atoms with Gasteiger partial charge < -0.3 is 14.9 Å². The van der Waals surface area contributed by atoms with Crippen LogP contribution in [0.4, 0.5) is 5.69 Å². The summed E-state index contributed by atoms with van der Waals surface area (Å²) >= 11 is 0. The third-order valence-electron chi connectivity index (χ3n) is 5.46. The number of benzene rings is 2. The molecule has 2 N–H and O–H groups in total. The molecule has 0 radical (unpaired) electrons. The summed E-state index contributed by atoms with van der Waals surface area (Å²) in [5.41, 5.74) is 2.53. The largest absolute Gasteiger partial charge is 0.507 e. The number of ether oxygens (including phenoxy) is 1. The van der Waals surface area contributed by atoms with Gasteiger partial charge in [0.25, 0.3) is 11.7 Å². The summed E-state index contributed by atoms with van der Waals surface area (Å²) in [6.45, 7) is 3.70. The minimum Gasteiger partial charge on any atom is -0.507 e. The number of ketones is 1. The standard InChI is InChI=1S/C25H22N2O5/c1-14-11-15(2)24(32-3)17(12-14)22(29)20-21(16-7-6-10-26-13-16)27(25(31)23(20)30)18-8-4-5-9-19(18)28/h4-13,21,28-29H,1-3H3/b22-20+. The maximum atomic E-state index is 13.2. The number of methoxy groups -OCH3 is 1. The first-order valence-corrected chi connectivity index (χ1v) is 9.99. The first-order chi connectivity index (χ1) is 15.3. The van der Waals surface area contributed by atoms with Crippen LogP contribution in [0.2, 0.25) is 0 Å². The zero-order valence-electron chi connectivity index (χ0n) is 17.9. The predicted molar refractivity (Wildman–Crippen MR) is 120 cm³/mol. The quantitative estimate of drug-likeness (QED) is 0.368. The van der Waals surface area contributed by atoms with E-state index in [4.69, 9.17) is 4.74 Å². The lowest BCUT2D eigenvalue weighted by atomic mass is 9.94. The molecule has 0 aliphatic carbocycles. The van der Waals surface area contributed by atoms with Crippen LogP contribution in [0.5, 0.6) is 11.5 Å². The van der Waals surface area contributed by atoms with Crippen molar-refractivity contribution in [2.24, 2.45) is 0 Å². The number of aromatic nitrogens is 1. The summed E-state index contributed by atoms with van der Waals surface area (Å²) < 4.78 is 5.49. The van der Waals surface area contributed by atoms with E-state index in [1.165, 1.54) is 24.3 Å². The van der Waals surface area contributed by atoms with Crippen LogP contribution >= 0.6 is 0 Å². The second-order valence-corrected chi connectivity index (χ2v) is 7.61. The lowest BCUT2D eigenvalue weighted by Crippen LogP contribution is -2.29. The number of pyridine rings is 1. The molecule has 1 saturated heterocycles. The van der Waals surface area contributed by atoms with Gasteiger partial charge in [-0.25, -0.2) is 0 Å². The molecule has 7 nitrogen and oxygen atoms in total. The van der Waals surface area contributed by atoms with Crippen molar-refractivity contribution < 1.29 is 24.5 Å². The Bertz CT molecular complexity index is 1250. The smallest absolute Gasteiger partial charge is 0.300 e. The number of anilines is 1. The van der Waals surface area contributed by atoms with E-state index < -0.39 is 17.7 Å². The number of rotatable bonds is 4. The zero-order valence-corrected chi connectivity index (χ0v) is 17.9. The van der Waals surface area contributed by atoms with Gasteiger partial charge in [0.1, 0.15) is 17.3 Å². The van der Waals surface area contributed by atoms with Gasteiger partial charge in [-0.05, 0) is 54.8 Å². The van der Waals surface area contributed by atoms with Crippen LogP contribution in [0.3, 0.4) is 0 Å². The fraction of sp³-hybridized carbons (Fsp3) is 0.160. The molecule has 1 fully saturated rings. The molecule has 4 rings (SSSR count). The lowest BCUT2D eigenvalue weighted by Gasteiger charge is -2.25. The number of aromatic hydroxyl groups is 1. The maximum Gasteiger partial charge on any atom is 0.300 e. The lowest BCUT2D eigenvalue weighted by molar-refractivity contribution is -0.132. The third kappa shape index (κ3) is 3.37. The van der Waals surface area contributed by atoms with Crippen LogP contribution in [0, 0.1) is 13.8 Å². The Balaban J connectivity index is 2.02. The van der Waals surface area contributed by atoms with E-state index in [9.17, 15) is 19.8 Å². The number of amides is 1. The fourth-order valence-electron chi connectivity index (χ4n) is 4.15. The number of aliphatic hydroxyl groups excluding tert-OH is 1. The second-order valence-electron chi connectivity index (χ2n) is 7.61. The number of carbonyl (C=O) groups excluding carboxylic acids is 2. The molecule has 162 valence electrons. The van der Waals surface area contributed by atoms with E-state index >= 15 is 0 Å². The highest BCUT2D eigenvalue weighted by Gasteiger charge is 2.48. The molecule has 2 heterocycles. The van der Waals surface area contributed by atoms with Crippen LogP contribution < -0.4 is 9.64 Å². The Labute approximate surface area is 185 Å². The van der Waals surface area contributed by atoms with E-state index in [-0.39, 0.29) is 22.8 Å². The molecule has 2 aromatic carbocycles. The first kappa shape index (κ1) is 21.1. The number of para-hydroxylation sites is 2. The summed E-state index contributed by atoms with van der Waals surface area (Å²) in [4.78, 5) is 31.7. The normalized spacial score (nSPS) is 17.6. The highest BCUT2D eigenvalue weighted by Crippen LogP contribution is 2.45. The number of hydrogen-bond acceptors (Lipinski definition) is 6. The molecule has 1 atom stereocenters. The number of Topliss-reactive ketones (excluding diaryl/α,β-unsaturated/α-hetero) is 1. The molecule has 1 aromatic heterocycles. The van der Waals surface area contributed by atoms with Crippen LogP contribution in [-0.4, -0.2) is 34.0 Å².